The number of amides is 1. The lowest BCUT2D eigenvalue weighted by Crippen LogP contribution is -2.39. The quantitative estimate of drug-likeness (QED) is 0.814. The first-order chi connectivity index (χ1) is 9.67. The zero-order chi connectivity index (χ0) is 16.0. The van der Waals surface area contributed by atoms with Gasteiger partial charge in [-0.15, -0.1) is 11.3 Å². The molecule has 21 heavy (non-hydrogen) atoms. The number of alkyl carbamates (subject to hydrolysis) is 1. The summed E-state index contributed by atoms with van der Waals surface area (Å²) in [6, 6.07) is 2.29. The Morgan fingerprint density at radius 3 is 2.62 bits per heavy atom. The molecule has 6 heteroatoms. The maximum Gasteiger partial charge on any atom is 0.407 e. The molecule has 2 unspecified atom stereocenters. The van der Waals surface area contributed by atoms with Gasteiger partial charge in [0, 0.05) is 12.1 Å². The number of halogens is 1. The molecule has 1 amide bonds. The number of hydrogen-bond acceptors (Lipinski definition) is 4. The summed E-state index contributed by atoms with van der Waals surface area (Å²) in [5.74, 6) is 0. The van der Waals surface area contributed by atoms with E-state index >= 15 is 0 Å². The third-order valence-corrected chi connectivity index (χ3v) is 3.99. The van der Waals surface area contributed by atoms with Crippen molar-refractivity contribution in [2.75, 3.05) is 6.54 Å². The van der Waals surface area contributed by atoms with E-state index in [1.165, 1.54) is 16.9 Å². The Bertz CT molecular complexity index is 457. The number of ether oxygens (including phenoxy) is 1. The van der Waals surface area contributed by atoms with Crippen LogP contribution < -0.4 is 10.6 Å². The molecule has 0 aromatic carbocycles. The van der Waals surface area contributed by atoms with E-state index in [0.29, 0.717) is 0 Å². The summed E-state index contributed by atoms with van der Waals surface area (Å²) >= 11 is 7.47. The van der Waals surface area contributed by atoms with Gasteiger partial charge in [-0.25, -0.2) is 4.79 Å². The maximum atomic E-state index is 11.6. The van der Waals surface area contributed by atoms with Gasteiger partial charge in [-0.05, 0) is 64.6 Å². The van der Waals surface area contributed by atoms with Crippen molar-refractivity contribution >= 4 is 29.0 Å². The standard InChI is InChI=1S/C15H25ClN2O2S/c1-10(18-14(19)20-15(3,4)5)6-7-17-11(2)12-8-13(16)21-9-12/h8-11,17H,6-7H2,1-5H3,(H,18,19). The molecule has 0 aliphatic carbocycles. The van der Waals surface area contributed by atoms with Gasteiger partial charge in [0.05, 0.1) is 4.34 Å². The largest absolute Gasteiger partial charge is 0.444 e. The molecule has 0 fully saturated rings. The second-order valence-electron chi connectivity index (χ2n) is 6.20. The predicted octanol–water partition coefficient (Wildman–Crippen LogP) is 4.36. The molecule has 2 atom stereocenters. The van der Waals surface area contributed by atoms with Crippen molar-refractivity contribution in [1.82, 2.24) is 10.6 Å². The average molecular weight is 333 g/mol. The van der Waals surface area contributed by atoms with Crippen molar-refractivity contribution < 1.29 is 9.53 Å². The SMILES string of the molecule is CC(CCNC(C)c1csc(Cl)c1)NC(=O)OC(C)(C)C. The highest BCUT2D eigenvalue weighted by molar-refractivity contribution is 7.14. The Kier molecular flexibility index (Phi) is 6.97. The molecular formula is C15H25ClN2O2S. The van der Waals surface area contributed by atoms with Gasteiger partial charge in [0.15, 0.2) is 0 Å². The maximum absolute atomic E-state index is 11.6. The summed E-state index contributed by atoms with van der Waals surface area (Å²) in [5, 5.41) is 8.31. The van der Waals surface area contributed by atoms with E-state index in [2.05, 4.69) is 22.9 Å². The molecule has 2 N–H and O–H groups in total. The smallest absolute Gasteiger partial charge is 0.407 e. The van der Waals surface area contributed by atoms with E-state index in [0.717, 1.165) is 17.3 Å². The van der Waals surface area contributed by atoms with E-state index in [-0.39, 0.29) is 18.2 Å². The van der Waals surface area contributed by atoms with Crippen LogP contribution in [0.3, 0.4) is 0 Å². The van der Waals surface area contributed by atoms with Crippen LogP contribution in [-0.4, -0.2) is 24.3 Å². The first kappa shape index (κ1) is 18.3. The van der Waals surface area contributed by atoms with Crippen molar-refractivity contribution in [2.24, 2.45) is 0 Å². The van der Waals surface area contributed by atoms with Crippen molar-refractivity contribution in [1.29, 1.82) is 0 Å². The Hall–Kier alpha value is -0.780. The van der Waals surface area contributed by atoms with Gasteiger partial charge in [-0.1, -0.05) is 11.6 Å². The van der Waals surface area contributed by atoms with Crippen LogP contribution in [0.15, 0.2) is 11.4 Å². The fourth-order valence-electron chi connectivity index (χ4n) is 1.77. The Labute approximate surface area is 136 Å². The molecule has 4 nitrogen and oxygen atoms in total. The minimum Gasteiger partial charge on any atom is -0.444 e. The number of rotatable bonds is 6. The first-order valence-electron chi connectivity index (χ1n) is 7.14. The molecule has 0 saturated carbocycles. The van der Waals surface area contributed by atoms with Gasteiger partial charge in [0.1, 0.15) is 5.60 Å². The normalized spacial score (nSPS) is 14.6. The van der Waals surface area contributed by atoms with E-state index in [1.54, 1.807) is 0 Å². The van der Waals surface area contributed by atoms with Crippen molar-refractivity contribution in [3.8, 4) is 0 Å². The lowest BCUT2D eigenvalue weighted by atomic mass is 10.1. The van der Waals surface area contributed by atoms with Crippen molar-refractivity contribution in [3.05, 3.63) is 21.3 Å². The number of carbonyl (C=O) groups is 1. The van der Waals surface area contributed by atoms with Crippen LogP contribution in [0.4, 0.5) is 4.79 Å². The Balaban J connectivity index is 2.24. The lowest BCUT2D eigenvalue weighted by Gasteiger charge is -2.22. The van der Waals surface area contributed by atoms with Crippen molar-refractivity contribution in [3.63, 3.8) is 0 Å². The van der Waals surface area contributed by atoms with Gasteiger partial charge < -0.3 is 15.4 Å². The topological polar surface area (TPSA) is 50.4 Å². The van der Waals surface area contributed by atoms with Crippen LogP contribution in [0.2, 0.25) is 4.34 Å². The highest BCUT2D eigenvalue weighted by Crippen LogP contribution is 2.24. The van der Waals surface area contributed by atoms with Crippen LogP contribution in [0.1, 0.15) is 52.6 Å². The highest BCUT2D eigenvalue weighted by Gasteiger charge is 2.17. The predicted molar refractivity (Wildman–Crippen MR) is 89.2 cm³/mol. The van der Waals surface area contributed by atoms with Crippen LogP contribution in [0.25, 0.3) is 0 Å². The van der Waals surface area contributed by atoms with E-state index in [9.17, 15) is 4.79 Å². The molecule has 0 aliphatic heterocycles. The first-order valence-corrected chi connectivity index (χ1v) is 8.40. The summed E-state index contributed by atoms with van der Waals surface area (Å²) in [7, 11) is 0. The molecule has 0 spiro atoms. The molecule has 0 aliphatic rings. The molecule has 1 heterocycles. The molecular weight excluding hydrogens is 308 g/mol. The van der Waals surface area contributed by atoms with E-state index in [1.807, 2.05) is 33.8 Å². The van der Waals surface area contributed by atoms with Gasteiger partial charge in [0.2, 0.25) is 0 Å². The van der Waals surface area contributed by atoms with Gasteiger partial charge >= 0.3 is 6.09 Å². The van der Waals surface area contributed by atoms with E-state index < -0.39 is 5.60 Å². The van der Waals surface area contributed by atoms with E-state index in [4.69, 9.17) is 16.3 Å². The third-order valence-electron chi connectivity index (χ3n) is 2.88. The fraction of sp³-hybridized carbons (Fsp3) is 0.667. The lowest BCUT2D eigenvalue weighted by molar-refractivity contribution is 0.0506. The Morgan fingerprint density at radius 2 is 2.10 bits per heavy atom. The van der Waals surface area contributed by atoms with Gasteiger partial charge in [0.25, 0.3) is 0 Å². The van der Waals surface area contributed by atoms with Crippen LogP contribution in [0, 0.1) is 0 Å². The van der Waals surface area contributed by atoms with Gasteiger partial charge in [-0.3, -0.25) is 0 Å². The number of nitrogens with one attached hydrogen (secondary N) is 2. The van der Waals surface area contributed by atoms with Crippen LogP contribution in [-0.2, 0) is 4.74 Å². The zero-order valence-corrected chi connectivity index (χ0v) is 14.9. The molecule has 0 radical (unpaired) electrons. The average Bonchev–Trinajstić information content (AvgIpc) is 2.72. The monoisotopic (exact) mass is 332 g/mol. The fourth-order valence-corrected chi connectivity index (χ4v) is 2.75. The molecule has 1 aromatic heterocycles. The molecule has 1 aromatic rings. The number of hydrogen-bond donors (Lipinski definition) is 2. The summed E-state index contributed by atoms with van der Waals surface area (Å²) in [6.07, 6.45) is 0.467. The Morgan fingerprint density at radius 1 is 1.43 bits per heavy atom. The summed E-state index contributed by atoms with van der Waals surface area (Å²) in [6.45, 7) is 10.4. The highest BCUT2D eigenvalue weighted by atomic mass is 35.5. The molecule has 0 bridgehead atoms. The van der Waals surface area contributed by atoms with Crippen molar-refractivity contribution in [2.45, 2.75) is 58.7 Å². The molecule has 1 rings (SSSR count). The second kappa shape index (κ2) is 8.01. The summed E-state index contributed by atoms with van der Waals surface area (Å²) < 4.78 is 6.03. The third kappa shape index (κ3) is 7.69. The van der Waals surface area contributed by atoms with Crippen LogP contribution in [0.5, 0.6) is 0 Å². The summed E-state index contributed by atoms with van der Waals surface area (Å²) in [5.41, 5.74) is 0.729. The number of thiophene rings is 1. The minimum absolute atomic E-state index is 0.0608. The number of carbonyl (C=O) groups excluding carboxylic acids is 1. The second-order valence-corrected chi connectivity index (χ2v) is 7.74. The molecule has 120 valence electrons. The molecule has 0 saturated heterocycles. The van der Waals surface area contributed by atoms with Gasteiger partial charge in [-0.2, -0.15) is 0 Å². The minimum atomic E-state index is -0.464. The summed E-state index contributed by atoms with van der Waals surface area (Å²) in [4.78, 5) is 11.6. The van der Waals surface area contributed by atoms with Crippen LogP contribution >= 0.6 is 22.9 Å². The zero-order valence-electron chi connectivity index (χ0n) is 13.3.